The van der Waals surface area contributed by atoms with E-state index in [1.54, 1.807) is 0 Å². The van der Waals surface area contributed by atoms with E-state index in [1.165, 1.54) is 12.8 Å². The average Bonchev–Trinajstić information content (AvgIpc) is 2.78. The summed E-state index contributed by atoms with van der Waals surface area (Å²) in [5.74, 6) is 2.32. The summed E-state index contributed by atoms with van der Waals surface area (Å²) in [7, 11) is 2.02. The number of nitrogens with one attached hydrogen (secondary N) is 1. The Hall–Kier alpha value is -0.940. The van der Waals surface area contributed by atoms with Crippen molar-refractivity contribution in [2.24, 2.45) is 5.92 Å². The molecule has 0 amide bonds. The van der Waals surface area contributed by atoms with Crippen molar-refractivity contribution in [2.75, 3.05) is 26.7 Å². The minimum Gasteiger partial charge on any atom is -0.339 e. The van der Waals surface area contributed by atoms with Gasteiger partial charge in [0, 0.05) is 13.0 Å². The third-order valence-corrected chi connectivity index (χ3v) is 3.27. The van der Waals surface area contributed by atoms with Crippen molar-refractivity contribution in [3.05, 3.63) is 11.7 Å². The first-order chi connectivity index (χ1) is 8.31. The van der Waals surface area contributed by atoms with E-state index in [4.69, 9.17) is 4.52 Å². The number of likely N-dealkylation sites (tertiary alicyclic amines) is 1. The maximum atomic E-state index is 5.13. The van der Waals surface area contributed by atoms with Gasteiger partial charge in [-0.3, -0.25) is 4.90 Å². The van der Waals surface area contributed by atoms with Crippen molar-refractivity contribution in [1.82, 2.24) is 20.4 Å². The van der Waals surface area contributed by atoms with Crippen molar-refractivity contribution in [3.8, 4) is 0 Å². The lowest BCUT2D eigenvalue weighted by Gasteiger charge is -2.31. The lowest BCUT2D eigenvalue weighted by Crippen LogP contribution is -2.38. The summed E-state index contributed by atoms with van der Waals surface area (Å²) in [6.45, 7) is 6.24. The van der Waals surface area contributed by atoms with Crippen LogP contribution in [0.1, 0.15) is 31.5 Å². The quantitative estimate of drug-likeness (QED) is 0.831. The molecule has 2 rings (SSSR count). The van der Waals surface area contributed by atoms with Gasteiger partial charge in [-0.15, -0.1) is 0 Å². The molecule has 0 aliphatic carbocycles. The van der Waals surface area contributed by atoms with Gasteiger partial charge in [-0.25, -0.2) is 0 Å². The molecule has 1 atom stereocenters. The highest BCUT2D eigenvalue weighted by molar-refractivity contribution is 4.87. The Morgan fingerprint density at radius 3 is 3.12 bits per heavy atom. The summed E-state index contributed by atoms with van der Waals surface area (Å²) in [6.07, 6.45) is 3.41. The van der Waals surface area contributed by atoms with Gasteiger partial charge in [-0.05, 0) is 38.9 Å². The number of rotatable bonds is 5. The molecule has 0 spiro atoms. The molecule has 1 aliphatic rings. The van der Waals surface area contributed by atoms with Gasteiger partial charge in [-0.1, -0.05) is 12.1 Å². The molecule has 0 saturated carbocycles. The van der Waals surface area contributed by atoms with Crippen molar-refractivity contribution < 1.29 is 4.52 Å². The normalized spacial score (nSPS) is 21.9. The van der Waals surface area contributed by atoms with Gasteiger partial charge in [-0.2, -0.15) is 4.98 Å². The highest BCUT2D eigenvalue weighted by atomic mass is 16.5. The summed E-state index contributed by atoms with van der Waals surface area (Å²) in [6, 6.07) is 0. The molecule has 5 heteroatoms. The third kappa shape index (κ3) is 3.51. The van der Waals surface area contributed by atoms with E-state index in [-0.39, 0.29) is 0 Å². The monoisotopic (exact) mass is 238 g/mol. The van der Waals surface area contributed by atoms with E-state index >= 15 is 0 Å². The minimum atomic E-state index is 0.740. The first-order valence-electron chi connectivity index (χ1n) is 6.50. The maximum absolute atomic E-state index is 5.13. The predicted octanol–water partition coefficient (Wildman–Crippen LogP) is 1.06. The molecular weight excluding hydrogens is 216 g/mol. The van der Waals surface area contributed by atoms with E-state index in [9.17, 15) is 0 Å². The van der Waals surface area contributed by atoms with Crippen molar-refractivity contribution in [1.29, 1.82) is 0 Å². The molecule has 2 heterocycles. The van der Waals surface area contributed by atoms with Crippen LogP contribution in [0.15, 0.2) is 4.52 Å². The van der Waals surface area contributed by atoms with Crippen LogP contribution in [0.4, 0.5) is 0 Å². The third-order valence-electron chi connectivity index (χ3n) is 3.27. The molecule has 0 bridgehead atoms. The van der Waals surface area contributed by atoms with Gasteiger partial charge >= 0.3 is 0 Å². The van der Waals surface area contributed by atoms with Gasteiger partial charge < -0.3 is 9.84 Å². The number of nitrogens with zero attached hydrogens (tertiary/aromatic N) is 3. The Balaban J connectivity index is 1.85. The largest absolute Gasteiger partial charge is 0.339 e. The number of aryl methyl sites for hydroxylation is 1. The molecule has 1 saturated heterocycles. The van der Waals surface area contributed by atoms with Gasteiger partial charge in [0.05, 0.1) is 6.54 Å². The number of piperidine rings is 1. The van der Waals surface area contributed by atoms with Gasteiger partial charge in [0.2, 0.25) is 5.89 Å². The molecule has 1 aromatic heterocycles. The van der Waals surface area contributed by atoms with Gasteiger partial charge in [0.25, 0.3) is 0 Å². The Bertz CT molecular complexity index is 337. The fourth-order valence-corrected chi connectivity index (χ4v) is 2.45. The fourth-order valence-electron chi connectivity index (χ4n) is 2.45. The zero-order valence-corrected chi connectivity index (χ0v) is 10.8. The molecule has 1 N–H and O–H groups in total. The zero-order valence-electron chi connectivity index (χ0n) is 10.8. The lowest BCUT2D eigenvalue weighted by atomic mass is 9.98. The van der Waals surface area contributed by atoms with Crippen LogP contribution < -0.4 is 5.32 Å². The first kappa shape index (κ1) is 12.5. The lowest BCUT2D eigenvalue weighted by molar-refractivity contribution is 0.162. The summed E-state index contributed by atoms with van der Waals surface area (Å²) >= 11 is 0. The number of aromatic nitrogens is 2. The van der Waals surface area contributed by atoms with E-state index in [2.05, 4.69) is 20.4 Å². The van der Waals surface area contributed by atoms with Crippen LogP contribution in [0.5, 0.6) is 0 Å². The van der Waals surface area contributed by atoms with E-state index in [0.717, 1.165) is 50.2 Å². The summed E-state index contributed by atoms with van der Waals surface area (Å²) in [5, 5.41) is 7.27. The molecule has 96 valence electrons. The van der Waals surface area contributed by atoms with Crippen molar-refractivity contribution in [2.45, 2.75) is 32.7 Å². The Morgan fingerprint density at radius 1 is 1.53 bits per heavy atom. The van der Waals surface area contributed by atoms with E-state index in [0.29, 0.717) is 0 Å². The minimum absolute atomic E-state index is 0.740. The zero-order chi connectivity index (χ0) is 12.1. The number of hydrogen-bond donors (Lipinski definition) is 1. The molecule has 1 aliphatic heterocycles. The van der Waals surface area contributed by atoms with Crippen LogP contribution in [0.3, 0.4) is 0 Å². The first-order valence-corrected chi connectivity index (χ1v) is 6.50. The molecule has 0 aromatic carbocycles. The van der Waals surface area contributed by atoms with Crippen LogP contribution in [0.2, 0.25) is 0 Å². The fraction of sp³-hybridized carbons (Fsp3) is 0.833. The topological polar surface area (TPSA) is 54.2 Å². The Morgan fingerprint density at radius 2 is 2.41 bits per heavy atom. The second-order valence-corrected chi connectivity index (χ2v) is 4.76. The van der Waals surface area contributed by atoms with Crippen LogP contribution in [0.25, 0.3) is 0 Å². The van der Waals surface area contributed by atoms with Gasteiger partial charge in [0.15, 0.2) is 5.82 Å². The van der Waals surface area contributed by atoms with Crippen molar-refractivity contribution in [3.63, 3.8) is 0 Å². The summed E-state index contributed by atoms with van der Waals surface area (Å²) < 4.78 is 5.13. The molecule has 0 radical (unpaired) electrons. The average molecular weight is 238 g/mol. The highest BCUT2D eigenvalue weighted by Crippen LogP contribution is 2.17. The van der Waals surface area contributed by atoms with E-state index < -0.39 is 0 Å². The molecular formula is C12H22N4O. The second kappa shape index (κ2) is 6.12. The molecule has 1 fully saturated rings. The molecule has 1 unspecified atom stereocenters. The SMILES string of the molecule is CCc1nc(CN2CCCC(CNC)C2)no1. The predicted molar refractivity (Wildman–Crippen MR) is 65.6 cm³/mol. The van der Waals surface area contributed by atoms with Crippen LogP contribution >= 0.6 is 0 Å². The van der Waals surface area contributed by atoms with Crippen LogP contribution in [-0.4, -0.2) is 41.7 Å². The summed E-state index contributed by atoms with van der Waals surface area (Å²) in [4.78, 5) is 6.79. The van der Waals surface area contributed by atoms with Crippen molar-refractivity contribution >= 4 is 0 Å². The van der Waals surface area contributed by atoms with Gasteiger partial charge in [0.1, 0.15) is 0 Å². The molecule has 1 aromatic rings. The smallest absolute Gasteiger partial charge is 0.226 e. The van der Waals surface area contributed by atoms with Crippen LogP contribution in [0, 0.1) is 5.92 Å². The summed E-state index contributed by atoms with van der Waals surface area (Å²) in [5.41, 5.74) is 0. The second-order valence-electron chi connectivity index (χ2n) is 4.76. The highest BCUT2D eigenvalue weighted by Gasteiger charge is 2.20. The Kier molecular flexibility index (Phi) is 4.50. The standard InChI is InChI=1S/C12H22N4O/c1-3-12-14-11(15-17-12)9-16-6-4-5-10(8-16)7-13-2/h10,13H,3-9H2,1-2H3. The molecule has 5 nitrogen and oxygen atoms in total. The molecule has 17 heavy (non-hydrogen) atoms. The maximum Gasteiger partial charge on any atom is 0.226 e. The number of hydrogen-bond acceptors (Lipinski definition) is 5. The van der Waals surface area contributed by atoms with E-state index in [1.807, 2.05) is 14.0 Å². The van der Waals surface area contributed by atoms with Crippen LogP contribution in [-0.2, 0) is 13.0 Å². The Labute approximate surface area is 103 Å².